The number of aromatic hydroxyl groups is 1. The SMILES string of the molecule is Cc1cc(-c2noc(CN3CCNC[C@H]3C)n2)cc2cn(Cc3ccc(Cl)cc3)c(O)c12. The van der Waals surface area contributed by atoms with Crippen molar-refractivity contribution in [2.75, 3.05) is 19.6 Å². The third-order valence-corrected chi connectivity index (χ3v) is 6.38. The lowest BCUT2D eigenvalue weighted by molar-refractivity contribution is 0.146. The first-order chi connectivity index (χ1) is 15.5. The van der Waals surface area contributed by atoms with Gasteiger partial charge in [-0.25, -0.2) is 0 Å². The van der Waals surface area contributed by atoms with Crippen LogP contribution in [0.15, 0.2) is 47.1 Å². The first kappa shape index (κ1) is 21.0. The van der Waals surface area contributed by atoms with Crippen LogP contribution in [0.5, 0.6) is 5.88 Å². The second kappa shape index (κ2) is 8.58. The normalized spacial score (nSPS) is 17.3. The molecule has 7 nitrogen and oxygen atoms in total. The highest BCUT2D eigenvalue weighted by atomic mass is 35.5. The highest BCUT2D eigenvalue weighted by Crippen LogP contribution is 2.34. The molecule has 0 aliphatic carbocycles. The van der Waals surface area contributed by atoms with Crippen LogP contribution in [0.2, 0.25) is 5.02 Å². The van der Waals surface area contributed by atoms with Gasteiger partial charge in [0, 0.05) is 53.2 Å². The smallest absolute Gasteiger partial charge is 0.241 e. The third-order valence-electron chi connectivity index (χ3n) is 6.13. The predicted octanol–water partition coefficient (Wildman–Crippen LogP) is 4.20. The van der Waals surface area contributed by atoms with Gasteiger partial charge in [0.1, 0.15) is 0 Å². The van der Waals surface area contributed by atoms with Crippen molar-refractivity contribution in [1.29, 1.82) is 0 Å². The largest absolute Gasteiger partial charge is 0.494 e. The quantitative estimate of drug-likeness (QED) is 0.473. The molecule has 0 saturated carbocycles. The number of aryl methyl sites for hydroxylation is 1. The third kappa shape index (κ3) is 4.11. The van der Waals surface area contributed by atoms with Gasteiger partial charge in [-0.05, 0) is 49.2 Å². The van der Waals surface area contributed by atoms with E-state index in [0.29, 0.717) is 35.9 Å². The molecule has 4 aromatic rings. The molecule has 3 heterocycles. The fourth-order valence-electron chi connectivity index (χ4n) is 4.36. The van der Waals surface area contributed by atoms with Gasteiger partial charge in [0.05, 0.1) is 13.1 Å². The summed E-state index contributed by atoms with van der Waals surface area (Å²) in [6.45, 7) is 8.29. The van der Waals surface area contributed by atoms with E-state index in [1.54, 1.807) is 0 Å². The van der Waals surface area contributed by atoms with Gasteiger partial charge in [0.25, 0.3) is 0 Å². The van der Waals surface area contributed by atoms with E-state index in [0.717, 1.165) is 47.1 Å². The molecule has 2 aromatic carbocycles. The average Bonchev–Trinajstić information content (AvgIpc) is 3.36. The lowest BCUT2D eigenvalue weighted by Gasteiger charge is -2.32. The van der Waals surface area contributed by atoms with Crippen LogP contribution in [0.1, 0.15) is 23.9 Å². The maximum absolute atomic E-state index is 10.8. The van der Waals surface area contributed by atoms with Gasteiger partial charge in [0.2, 0.25) is 11.7 Å². The van der Waals surface area contributed by atoms with Crippen molar-refractivity contribution in [2.45, 2.75) is 33.0 Å². The predicted molar refractivity (Wildman–Crippen MR) is 125 cm³/mol. The van der Waals surface area contributed by atoms with E-state index in [9.17, 15) is 5.11 Å². The second-order valence-corrected chi connectivity index (χ2v) is 8.94. The Morgan fingerprint density at radius 1 is 1.22 bits per heavy atom. The van der Waals surface area contributed by atoms with Crippen molar-refractivity contribution < 1.29 is 9.63 Å². The molecule has 8 heteroatoms. The maximum atomic E-state index is 10.8. The molecular weight excluding hydrogens is 426 g/mol. The van der Waals surface area contributed by atoms with E-state index in [4.69, 9.17) is 16.1 Å². The minimum Gasteiger partial charge on any atom is -0.494 e. The van der Waals surface area contributed by atoms with E-state index in [1.807, 2.05) is 54.1 Å². The zero-order chi connectivity index (χ0) is 22.2. The van der Waals surface area contributed by atoms with Gasteiger partial charge >= 0.3 is 0 Å². The number of hydrogen-bond acceptors (Lipinski definition) is 6. The fourth-order valence-corrected chi connectivity index (χ4v) is 4.48. The summed E-state index contributed by atoms with van der Waals surface area (Å²) in [6, 6.07) is 12.1. The highest BCUT2D eigenvalue weighted by molar-refractivity contribution is 6.30. The molecule has 2 N–H and O–H groups in total. The molecule has 0 amide bonds. The summed E-state index contributed by atoms with van der Waals surface area (Å²) in [5.41, 5.74) is 2.90. The average molecular weight is 452 g/mol. The summed E-state index contributed by atoms with van der Waals surface area (Å²) in [6.07, 6.45) is 1.96. The molecule has 1 aliphatic rings. The standard InChI is InChI=1S/C24H26ClN5O2/c1-15-9-18(23-27-21(32-28-23)14-29-8-7-26-11-16(29)2)10-19-13-30(24(31)22(15)19)12-17-3-5-20(25)6-4-17/h3-6,9-10,13,16,26,31H,7-8,11-12,14H2,1-2H3/t16-/m1/s1. The van der Waals surface area contributed by atoms with E-state index in [-0.39, 0.29) is 5.88 Å². The van der Waals surface area contributed by atoms with Gasteiger partial charge in [-0.2, -0.15) is 4.98 Å². The first-order valence-corrected chi connectivity index (χ1v) is 11.2. The van der Waals surface area contributed by atoms with Crippen LogP contribution >= 0.6 is 11.6 Å². The van der Waals surface area contributed by atoms with E-state index >= 15 is 0 Å². The Labute approximate surface area is 191 Å². The van der Waals surface area contributed by atoms with Crippen molar-refractivity contribution in [2.24, 2.45) is 0 Å². The number of aromatic nitrogens is 3. The number of fused-ring (bicyclic) bond motifs is 1. The fraction of sp³-hybridized carbons (Fsp3) is 0.333. The topological polar surface area (TPSA) is 79.4 Å². The number of hydrogen-bond donors (Lipinski definition) is 2. The van der Waals surface area contributed by atoms with Crippen molar-refractivity contribution in [3.8, 4) is 17.3 Å². The Bertz CT molecular complexity index is 1250. The molecule has 1 atom stereocenters. The molecule has 1 saturated heterocycles. The summed E-state index contributed by atoms with van der Waals surface area (Å²) < 4.78 is 7.40. The van der Waals surface area contributed by atoms with Crippen molar-refractivity contribution in [3.63, 3.8) is 0 Å². The molecule has 0 spiro atoms. The van der Waals surface area contributed by atoms with Crippen LogP contribution in [0.25, 0.3) is 22.2 Å². The molecule has 0 unspecified atom stereocenters. The van der Waals surface area contributed by atoms with Crippen LogP contribution in [-0.4, -0.2) is 50.4 Å². The molecule has 5 rings (SSSR count). The molecule has 0 bridgehead atoms. The zero-order valence-electron chi connectivity index (χ0n) is 18.2. The van der Waals surface area contributed by atoms with Crippen LogP contribution in [0, 0.1) is 6.92 Å². The summed E-state index contributed by atoms with van der Waals surface area (Å²) in [4.78, 5) is 6.98. The molecule has 1 aliphatic heterocycles. The Morgan fingerprint density at radius 3 is 2.81 bits per heavy atom. The van der Waals surface area contributed by atoms with Gasteiger partial charge in [-0.1, -0.05) is 28.9 Å². The maximum Gasteiger partial charge on any atom is 0.241 e. The molecule has 1 fully saturated rings. The molecule has 32 heavy (non-hydrogen) atoms. The Hall–Kier alpha value is -2.87. The number of nitrogens with zero attached hydrogens (tertiary/aromatic N) is 4. The van der Waals surface area contributed by atoms with Gasteiger partial charge < -0.3 is 19.5 Å². The molecule has 2 aromatic heterocycles. The van der Waals surface area contributed by atoms with Gasteiger partial charge in [-0.3, -0.25) is 4.90 Å². The number of nitrogens with one attached hydrogen (secondary N) is 1. The van der Waals surface area contributed by atoms with Crippen molar-refractivity contribution in [3.05, 3.63) is 64.6 Å². The van der Waals surface area contributed by atoms with E-state index in [1.165, 1.54) is 0 Å². The Morgan fingerprint density at radius 2 is 2.03 bits per heavy atom. The summed E-state index contributed by atoms with van der Waals surface area (Å²) >= 11 is 5.99. The Kier molecular flexibility index (Phi) is 5.63. The van der Waals surface area contributed by atoms with Crippen LogP contribution in [-0.2, 0) is 13.1 Å². The molecule has 166 valence electrons. The minimum absolute atomic E-state index is 0.250. The number of piperazine rings is 1. The van der Waals surface area contributed by atoms with Crippen LogP contribution in [0.4, 0.5) is 0 Å². The van der Waals surface area contributed by atoms with Crippen LogP contribution in [0.3, 0.4) is 0 Å². The van der Waals surface area contributed by atoms with Crippen molar-refractivity contribution in [1.82, 2.24) is 24.9 Å². The lowest BCUT2D eigenvalue weighted by atomic mass is 10.1. The first-order valence-electron chi connectivity index (χ1n) is 10.8. The van der Waals surface area contributed by atoms with Crippen molar-refractivity contribution >= 4 is 22.4 Å². The summed E-state index contributed by atoms with van der Waals surface area (Å²) in [5.74, 6) is 1.44. The minimum atomic E-state index is 0.250. The second-order valence-electron chi connectivity index (χ2n) is 8.50. The van der Waals surface area contributed by atoms with Gasteiger partial charge in [-0.15, -0.1) is 0 Å². The highest BCUT2D eigenvalue weighted by Gasteiger charge is 2.21. The number of halogens is 1. The van der Waals surface area contributed by atoms with Gasteiger partial charge in [0.15, 0.2) is 5.88 Å². The molecule has 0 radical (unpaired) electrons. The van der Waals surface area contributed by atoms with E-state index < -0.39 is 0 Å². The lowest BCUT2D eigenvalue weighted by Crippen LogP contribution is -2.49. The summed E-state index contributed by atoms with van der Waals surface area (Å²) in [5, 5.41) is 20.9. The summed E-state index contributed by atoms with van der Waals surface area (Å²) in [7, 11) is 0. The molecular formula is C24H26ClN5O2. The Balaban J connectivity index is 1.42. The van der Waals surface area contributed by atoms with Crippen LogP contribution < -0.4 is 5.32 Å². The number of benzene rings is 2. The van der Waals surface area contributed by atoms with E-state index in [2.05, 4.69) is 27.3 Å². The zero-order valence-corrected chi connectivity index (χ0v) is 18.9. The monoisotopic (exact) mass is 451 g/mol. The number of rotatable bonds is 5.